The van der Waals surface area contributed by atoms with Crippen molar-refractivity contribution in [1.82, 2.24) is 0 Å². The smallest absolute Gasteiger partial charge is 0.313 e. The molecule has 4 bridgehead atoms. The Morgan fingerprint density at radius 3 is 2.69 bits per heavy atom. The monoisotopic (exact) mass is 458 g/mol. The third kappa shape index (κ3) is 3.55. The van der Waals surface area contributed by atoms with E-state index in [0.717, 1.165) is 11.1 Å². The fourth-order valence-corrected chi connectivity index (χ4v) is 7.22. The van der Waals surface area contributed by atoms with Crippen LogP contribution in [0.15, 0.2) is 48.3 Å². The van der Waals surface area contributed by atoms with Crippen molar-refractivity contribution in [1.29, 1.82) is 0 Å². The number of carbonyl (C=O) groups excluding carboxylic acids is 1. The molecule has 6 atom stereocenters. The normalized spacial score (nSPS) is 38.7. The second kappa shape index (κ2) is 7.71. The van der Waals surface area contributed by atoms with E-state index in [-0.39, 0.29) is 34.9 Å². The molecule has 0 aromatic rings. The van der Waals surface area contributed by atoms with Gasteiger partial charge in [-0.1, -0.05) is 45.6 Å². The molecule has 5 nitrogen and oxygen atoms in total. The summed E-state index contributed by atoms with van der Waals surface area (Å²) in [6.07, 6.45) is 10.6. The molecule has 2 aliphatic heterocycles. The number of carbonyl (C=O) groups is 1. The van der Waals surface area contributed by atoms with Crippen molar-refractivity contribution in [3.63, 3.8) is 0 Å². The molecule has 1 saturated carbocycles. The number of rotatable bonds is 6. The van der Waals surface area contributed by atoms with Crippen molar-refractivity contribution in [2.24, 2.45) is 17.8 Å². The van der Waals surface area contributed by atoms with Gasteiger partial charge in [-0.25, -0.2) is 0 Å². The van der Waals surface area contributed by atoms with Crippen molar-refractivity contribution in [3.05, 3.63) is 48.3 Å². The van der Waals surface area contributed by atoms with Gasteiger partial charge in [0.25, 0.3) is 0 Å². The summed E-state index contributed by atoms with van der Waals surface area (Å²) < 4.78 is 25.0. The maximum absolute atomic E-state index is 13.2. The van der Waals surface area contributed by atoms with Crippen LogP contribution in [0.5, 0.6) is 0 Å². The lowest BCUT2D eigenvalue weighted by atomic mass is 9.60. The van der Waals surface area contributed by atoms with Gasteiger partial charge < -0.3 is 18.6 Å². The summed E-state index contributed by atoms with van der Waals surface area (Å²) in [5.74, 6) is -0.415. The highest BCUT2D eigenvalue weighted by Crippen LogP contribution is 2.63. The van der Waals surface area contributed by atoms with Crippen LogP contribution < -0.4 is 0 Å². The summed E-state index contributed by atoms with van der Waals surface area (Å²) in [5.41, 5.74) is 0.842. The number of ether oxygens (including phenoxy) is 3. The van der Waals surface area contributed by atoms with Crippen LogP contribution in [-0.2, 0) is 23.4 Å². The second-order valence-corrected chi connectivity index (χ2v) is 16.3. The van der Waals surface area contributed by atoms with Crippen LogP contribution in [0.3, 0.4) is 0 Å². The fourth-order valence-electron chi connectivity index (χ4n) is 5.87. The van der Waals surface area contributed by atoms with Crippen LogP contribution in [0.25, 0.3) is 0 Å². The molecule has 0 aromatic carbocycles. The summed E-state index contributed by atoms with van der Waals surface area (Å²) in [6.45, 7) is 20.1. The molecule has 0 radical (unpaired) electrons. The van der Waals surface area contributed by atoms with E-state index in [4.69, 9.17) is 18.6 Å². The van der Waals surface area contributed by atoms with Crippen molar-refractivity contribution >= 4 is 14.3 Å². The van der Waals surface area contributed by atoms with Gasteiger partial charge in [0.15, 0.2) is 8.32 Å². The van der Waals surface area contributed by atoms with Crippen LogP contribution >= 0.6 is 0 Å². The summed E-state index contributed by atoms with van der Waals surface area (Å²) in [5, 5.41) is 0.0953. The average Bonchev–Trinajstić information content (AvgIpc) is 3.22. The Balaban J connectivity index is 1.79. The molecule has 2 aliphatic carbocycles. The molecule has 2 fully saturated rings. The third-order valence-corrected chi connectivity index (χ3v) is 12.7. The van der Waals surface area contributed by atoms with Crippen molar-refractivity contribution < 1.29 is 23.4 Å². The van der Waals surface area contributed by atoms with Gasteiger partial charge in [-0.3, -0.25) is 4.79 Å². The van der Waals surface area contributed by atoms with Crippen LogP contribution in [0, 0.1) is 17.8 Å². The molecule has 6 heteroatoms. The highest BCUT2D eigenvalue weighted by atomic mass is 28.4. The highest BCUT2D eigenvalue weighted by Gasteiger charge is 2.71. The molecule has 2 heterocycles. The second-order valence-electron chi connectivity index (χ2n) is 11.5. The summed E-state index contributed by atoms with van der Waals surface area (Å²) >= 11 is 0. The molecular weight excluding hydrogens is 420 g/mol. The Labute approximate surface area is 193 Å². The van der Waals surface area contributed by atoms with E-state index in [9.17, 15) is 4.79 Å². The lowest BCUT2D eigenvalue weighted by Crippen LogP contribution is -2.60. The van der Waals surface area contributed by atoms with E-state index in [1.807, 2.05) is 6.92 Å². The van der Waals surface area contributed by atoms with E-state index >= 15 is 0 Å². The zero-order valence-electron chi connectivity index (χ0n) is 20.6. The average molecular weight is 459 g/mol. The SMILES string of the molecule is C=COC/C(C)=C/C1=C[C@@H]2C(=O)O[C@@]3(C)C[C@@H](O[Si](C)(C)C(C)(C)C)[C@@H]2[C@H]3[C@@]12C=CCO2. The van der Waals surface area contributed by atoms with Gasteiger partial charge >= 0.3 is 5.97 Å². The largest absolute Gasteiger partial charge is 0.497 e. The summed E-state index contributed by atoms with van der Waals surface area (Å²) in [7, 11) is -2.03. The summed E-state index contributed by atoms with van der Waals surface area (Å²) in [4.78, 5) is 13.2. The first-order chi connectivity index (χ1) is 14.8. The van der Waals surface area contributed by atoms with Crippen LogP contribution in [-0.4, -0.2) is 44.8 Å². The molecule has 1 saturated heterocycles. The molecule has 32 heavy (non-hydrogen) atoms. The predicted octanol–water partition coefficient (Wildman–Crippen LogP) is 5.32. The Hall–Kier alpha value is -1.63. The number of esters is 1. The van der Waals surface area contributed by atoms with Gasteiger partial charge in [0.2, 0.25) is 0 Å². The lowest BCUT2D eigenvalue weighted by molar-refractivity contribution is -0.195. The molecule has 1 spiro atoms. The van der Waals surface area contributed by atoms with E-state index in [2.05, 4.69) is 71.7 Å². The first kappa shape index (κ1) is 23.5. The van der Waals surface area contributed by atoms with Gasteiger partial charge in [0, 0.05) is 18.3 Å². The zero-order chi connectivity index (χ0) is 23.5. The minimum Gasteiger partial charge on any atom is -0.497 e. The fraction of sp³-hybridized carbons (Fsp3) is 0.654. The van der Waals surface area contributed by atoms with Crippen molar-refractivity contribution in [2.45, 2.75) is 76.5 Å². The van der Waals surface area contributed by atoms with E-state index in [0.29, 0.717) is 19.6 Å². The standard InChI is InChI=1S/C26H38O5Si/c1-9-28-16-17(2)13-18-14-19-21-20(31-32(7,8)24(3,4)5)15-25(6,30-23(19)27)22(21)26(18)11-10-12-29-26/h9-11,13-14,19-22H,1,12,15-16H2,2-8H3/b17-13+/t19-,20+,21+,22+,25-,26+/m0/s1. The Morgan fingerprint density at radius 1 is 1.38 bits per heavy atom. The van der Waals surface area contributed by atoms with Gasteiger partial charge in [0.05, 0.1) is 24.9 Å². The number of hydrogen-bond acceptors (Lipinski definition) is 5. The topological polar surface area (TPSA) is 54.0 Å². The minimum absolute atomic E-state index is 0.00981. The van der Waals surface area contributed by atoms with E-state index < -0.39 is 19.5 Å². The Kier molecular flexibility index (Phi) is 5.67. The van der Waals surface area contributed by atoms with Crippen molar-refractivity contribution in [2.75, 3.05) is 13.2 Å². The van der Waals surface area contributed by atoms with Gasteiger partial charge in [-0.05, 0) is 49.2 Å². The first-order valence-corrected chi connectivity index (χ1v) is 14.6. The lowest BCUT2D eigenvalue weighted by Gasteiger charge is -2.53. The van der Waals surface area contributed by atoms with Gasteiger partial charge in [-0.15, -0.1) is 0 Å². The molecule has 4 aliphatic rings. The zero-order valence-corrected chi connectivity index (χ0v) is 21.6. The van der Waals surface area contributed by atoms with Crippen LogP contribution in [0.4, 0.5) is 0 Å². The van der Waals surface area contributed by atoms with Crippen molar-refractivity contribution in [3.8, 4) is 0 Å². The van der Waals surface area contributed by atoms with Crippen LogP contribution in [0.2, 0.25) is 18.1 Å². The Morgan fingerprint density at radius 2 is 2.09 bits per heavy atom. The number of hydrogen-bond donors (Lipinski definition) is 0. The quantitative estimate of drug-likeness (QED) is 0.233. The molecule has 0 amide bonds. The third-order valence-electron chi connectivity index (χ3n) is 8.24. The molecular formula is C26H38O5Si. The maximum atomic E-state index is 13.2. The van der Waals surface area contributed by atoms with E-state index in [1.54, 1.807) is 0 Å². The molecule has 0 unspecified atom stereocenters. The Bertz CT molecular complexity index is 894. The van der Waals surface area contributed by atoms with Gasteiger partial charge in [0.1, 0.15) is 17.8 Å². The highest BCUT2D eigenvalue weighted by molar-refractivity contribution is 6.74. The summed E-state index contributed by atoms with van der Waals surface area (Å²) in [6, 6.07) is 0. The van der Waals surface area contributed by atoms with E-state index in [1.165, 1.54) is 6.26 Å². The molecule has 0 N–H and O–H groups in total. The van der Waals surface area contributed by atoms with Gasteiger partial charge in [-0.2, -0.15) is 0 Å². The first-order valence-electron chi connectivity index (χ1n) is 11.7. The molecule has 0 aromatic heterocycles. The maximum Gasteiger partial charge on any atom is 0.313 e. The minimum atomic E-state index is -2.03. The predicted molar refractivity (Wildman–Crippen MR) is 127 cm³/mol. The molecule has 4 rings (SSSR count). The van der Waals surface area contributed by atoms with Crippen LogP contribution in [0.1, 0.15) is 41.0 Å². The molecule has 176 valence electrons.